The van der Waals surface area contributed by atoms with E-state index in [9.17, 15) is 20.1 Å². The fourth-order valence-corrected chi connectivity index (χ4v) is 9.36. The Morgan fingerprint density at radius 1 is 0.937 bits per heavy atom. The van der Waals surface area contributed by atoms with Crippen molar-refractivity contribution in [2.24, 2.45) is 11.1 Å². The Morgan fingerprint density at radius 2 is 1.62 bits per heavy atom. The molecule has 2 aliphatic heterocycles. The van der Waals surface area contributed by atoms with Gasteiger partial charge >= 0.3 is 5.97 Å². The summed E-state index contributed by atoms with van der Waals surface area (Å²) in [5, 5.41) is 26.5. The Labute approximate surface area is 368 Å². The summed E-state index contributed by atoms with van der Waals surface area (Å²) >= 11 is 0. The summed E-state index contributed by atoms with van der Waals surface area (Å²) in [6.07, 6.45) is 3.84. The number of pyridine rings is 1. The summed E-state index contributed by atoms with van der Waals surface area (Å²) in [5.74, 6) is 0.547. The van der Waals surface area contributed by atoms with Crippen LogP contribution in [-0.2, 0) is 28.9 Å². The van der Waals surface area contributed by atoms with E-state index in [1.807, 2.05) is 42.6 Å². The van der Waals surface area contributed by atoms with Gasteiger partial charge < -0.3 is 19.3 Å². The Kier molecular flexibility index (Phi) is 12.3. The number of nitrogens with one attached hydrogen (secondary N) is 1. The predicted octanol–water partition coefficient (Wildman–Crippen LogP) is 9.89. The van der Waals surface area contributed by atoms with Crippen molar-refractivity contribution in [3.8, 4) is 28.7 Å². The fourth-order valence-electron chi connectivity index (χ4n) is 8.43. The number of hydrogen-bond acceptors (Lipinski definition) is 13. The highest BCUT2D eigenvalue weighted by atomic mass is 28.4. The zero-order chi connectivity index (χ0) is 44.6. The number of piperidine rings is 1. The molecule has 2 saturated heterocycles. The van der Waals surface area contributed by atoms with Crippen LogP contribution in [0.1, 0.15) is 73.7 Å². The molecule has 0 aliphatic carbocycles. The molecule has 0 saturated carbocycles. The van der Waals surface area contributed by atoms with E-state index in [0.717, 1.165) is 57.6 Å². The second kappa shape index (κ2) is 17.7. The Balaban J connectivity index is 1.09. The maximum Gasteiger partial charge on any atom is 0.306 e. The van der Waals surface area contributed by atoms with E-state index in [2.05, 4.69) is 92.3 Å². The number of nitroso groups, excluding NO2 is 1. The number of nitrogens with zero attached hydrogens (tertiary/aromatic N) is 8. The molecular weight excluding hydrogens is 811 g/mol. The minimum Gasteiger partial charge on any atom is -0.481 e. The third-order valence-corrected chi connectivity index (χ3v) is 17.7. The van der Waals surface area contributed by atoms with Crippen LogP contribution in [0, 0.1) is 36.0 Å². The minimum atomic E-state index is -2.11. The normalized spacial score (nSPS) is 16.8. The molecule has 2 fully saturated rings. The molecule has 0 unspecified atom stereocenters. The Bertz CT molecular complexity index is 2750. The van der Waals surface area contributed by atoms with Crippen molar-refractivity contribution in [3.05, 3.63) is 99.3 Å². The highest BCUT2D eigenvalue weighted by molar-refractivity contribution is 6.74. The van der Waals surface area contributed by atoms with Gasteiger partial charge in [0, 0.05) is 43.6 Å². The van der Waals surface area contributed by atoms with Gasteiger partial charge in [-0.15, -0.1) is 0 Å². The first-order chi connectivity index (χ1) is 30.1. The van der Waals surface area contributed by atoms with Crippen LogP contribution in [0.4, 0.5) is 11.5 Å². The van der Waals surface area contributed by atoms with Crippen LogP contribution in [0.25, 0.3) is 44.7 Å². The highest BCUT2D eigenvalue weighted by Crippen LogP contribution is 2.39. The van der Waals surface area contributed by atoms with E-state index >= 15 is 0 Å². The molecule has 63 heavy (non-hydrogen) atoms. The van der Waals surface area contributed by atoms with Crippen molar-refractivity contribution in [1.82, 2.24) is 29.7 Å². The van der Waals surface area contributed by atoms with Gasteiger partial charge in [0.1, 0.15) is 23.1 Å². The monoisotopic (exact) mass is 865 g/mol. The summed E-state index contributed by atoms with van der Waals surface area (Å²) in [6, 6.07) is 20.2. The topological polar surface area (TPSA) is 183 Å². The van der Waals surface area contributed by atoms with Gasteiger partial charge in [-0.3, -0.25) is 19.6 Å². The maximum absolute atomic E-state index is 11.5. The molecule has 0 radical (unpaired) electrons. The van der Waals surface area contributed by atoms with Gasteiger partial charge in [0.05, 0.1) is 23.6 Å². The van der Waals surface area contributed by atoms with Crippen LogP contribution in [0.15, 0.2) is 70.4 Å². The lowest BCUT2D eigenvalue weighted by Crippen LogP contribution is -2.40. The first kappa shape index (κ1) is 43.7. The van der Waals surface area contributed by atoms with Crippen LogP contribution in [0.3, 0.4) is 0 Å². The molecule has 14 nitrogen and oxygen atoms in total. The number of carbonyl (C=O) groups is 1. The lowest BCUT2D eigenvalue weighted by molar-refractivity contribution is -0.143. The number of hydrogen-bond donors (Lipinski definition) is 2. The van der Waals surface area contributed by atoms with Crippen molar-refractivity contribution in [2.75, 3.05) is 31.5 Å². The summed E-state index contributed by atoms with van der Waals surface area (Å²) < 4.78 is 13.0. The van der Waals surface area contributed by atoms with Crippen molar-refractivity contribution in [1.29, 1.82) is 5.26 Å². The number of rotatable bonds is 13. The third-order valence-electron chi connectivity index (χ3n) is 13.3. The Morgan fingerprint density at radius 3 is 2.32 bits per heavy atom. The summed E-state index contributed by atoms with van der Waals surface area (Å²) in [5.41, 5.74) is 10.5. The molecule has 326 valence electrons. The van der Waals surface area contributed by atoms with Gasteiger partial charge in [-0.1, -0.05) is 50.2 Å². The predicted molar refractivity (Wildman–Crippen MR) is 247 cm³/mol. The molecule has 3 aromatic heterocycles. The molecule has 2 N–H and O–H groups in total. The lowest BCUT2D eigenvalue weighted by Gasteiger charge is -2.35. The van der Waals surface area contributed by atoms with Crippen LogP contribution < -0.4 is 5.32 Å². The van der Waals surface area contributed by atoms with Crippen LogP contribution in [0.2, 0.25) is 18.1 Å². The number of aliphatic carboxylic acids is 1. The molecule has 2 aliphatic rings. The highest BCUT2D eigenvalue weighted by Gasteiger charge is 2.37. The van der Waals surface area contributed by atoms with Crippen molar-refractivity contribution < 1.29 is 18.7 Å². The summed E-state index contributed by atoms with van der Waals surface area (Å²) in [7, 11) is -2.11. The van der Waals surface area contributed by atoms with Gasteiger partial charge in [-0.05, 0) is 128 Å². The quantitative estimate of drug-likeness (QED) is 0.0827. The smallest absolute Gasteiger partial charge is 0.306 e. The molecule has 6 aromatic rings. The van der Waals surface area contributed by atoms with Crippen LogP contribution in [0.5, 0.6) is 0 Å². The molecule has 5 heterocycles. The molecule has 15 heteroatoms. The summed E-state index contributed by atoms with van der Waals surface area (Å²) in [4.78, 5) is 46.9. The molecule has 0 amide bonds. The fraction of sp³-hybridized carbons (Fsp3) is 0.417. The van der Waals surface area contributed by atoms with E-state index < -0.39 is 14.3 Å². The van der Waals surface area contributed by atoms with Gasteiger partial charge in [-0.25, -0.2) is 15.0 Å². The van der Waals surface area contributed by atoms with Crippen molar-refractivity contribution in [3.63, 3.8) is 0 Å². The molecular formula is C48H55N9O5Si. The zero-order valence-corrected chi connectivity index (χ0v) is 38.2. The second-order valence-electron chi connectivity index (χ2n) is 18.6. The molecule has 1 atom stereocenters. The largest absolute Gasteiger partial charge is 0.481 e. The molecule has 8 rings (SSSR count). The average molecular weight is 866 g/mol. The standard InChI is InChI=1S/C48H55N9O5Si/c1-29-36(10-8-12-38(29)46-53-41-21-31(20-34(23-49)44(41)62-46)25-56-17-14-33(15-18-56)47(58)59)37-11-9-13-39(30(37)2)52-45-43-40(51-42(54-45)28-61-63(6,7)48(3,4)5)22-32(24-50-43)26-57-19-16-35(27-57)55-60/h8-13,20-22,24,33,35H,14-19,25-28H2,1-7H3,(H,58,59)(H,51,52,54)/t35-/m1/s1. The molecule has 0 bridgehead atoms. The molecule has 3 aromatic carbocycles. The SMILES string of the molecule is Cc1c(Nc2nc(CO[Si](C)(C)C(C)(C)C)nc3cc(CN4CC[C@@H](N=O)C4)cnc23)cccc1-c1cccc(-c2nc3cc(CN4CCC(C(=O)O)CC4)cc(C#N)c3o2)c1C. The van der Waals surface area contributed by atoms with Gasteiger partial charge in [0.25, 0.3) is 0 Å². The number of oxazole rings is 1. The van der Waals surface area contributed by atoms with Crippen molar-refractivity contribution in [2.45, 2.75) is 97.8 Å². The number of nitriles is 1. The summed E-state index contributed by atoms with van der Waals surface area (Å²) in [6.45, 7) is 19.6. The number of carboxylic acid groups (broad SMARTS) is 1. The van der Waals surface area contributed by atoms with Crippen molar-refractivity contribution >= 4 is 47.9 Å². The van der Waals surface area contributed by atoms with E-state index in [1.54, 1.807) is 0 Å². The second-order valence-corrected chi connectivity index (χ2v) is 23.4. The van der Waals surface area contributed by atoms with E-state index in [0.29, 0.717) is 90.8 Å². The van der Waals surface area contributed by atoms with E-state index in [4.69, 9.17) is 28.8 Å². The number of carboxylic acids is 1. The number of anilines is 2. The minimum absolute atomic E-state index is 0.0186. The number of benzene rings is 3. The zero-order valence-electron chi connectivity index (χ0n) is 37.2. The number of aromatic nitrogens is 4. The molecule has 0 spiro atoms. The number of likely N-dealkylation sites (tertiary alicyclic amines) is 2. The Hall–Kier alpha value is -5.92. The van der Waals surface area contributed by atoms with E-state index in [1.165, 1.54) is 0 Å². The number of fused-ring (bicyclic) bond motifs is 2. The third kappa shape index (κ3) is 9.26. The first-order valence-corrected chi connectivity index (χ1v) is 24.6. The maximum atomic E-state index is 11.5. The van der Waals surface area contributed by atoms with E-state index in [-0.39, 0.29) is 23.6 Å². The van der Waals surface area contributed by atoms with Gasteiger partial charge in [0.2, 0.25) is 5.89 Å². The van der Waals surface area contributed by atoms with Gasteiger partial charge in [0.15, 0.2) is 25.5 Å². The van der Waals surface area contributed by atoms with Crippen LogP contribution in [-0.4, -0.2) is 81.3 Å². The van der Waals surface area contributed by atoms with Gasteiger partial charge in [-0.2, -0.15) is 10.2 Å². The lowest BCUT2D eigenvalue weighted by atomic mass is 9.93. The first-order valence-electron chi connectivity index (χ1n) is 21.7. The average Bonchev–Trinajstić information content (AvgIpc) is 3.90. The van der Waals surface area contributed by atoms with Crippen LogP contribution >= 0.6 is 0 Å².